The molecule has 3 rings (SSSR count). The van der Waals surface area contributed by atoms with E-state index >= 15 is 0 Å². The lowest BCUT2D eigenvalue weighted by atomic mass is 10.2. The third-order valence-corrected chi connectivity index (χ3v) is 5.05. The summed E-state index contributed by atoms with van der Waals surface area (Å²) in [5.41, 5.74) is 1.60. The minimum absolute atomic E-state index is 0.00896. The number of aryl methyl sites for hydroxylation is 1. The second-order valence-corrected chi connectivity index (χ2v) is 6.45. The van der Waals surface area contributed by atoms with Gasteiger partial charge in [0.2, 0.25) is 0 Å². The molecule has 0 N–H and O–H groups in total. The Hall–Kier alpha value is -1.38. The fourth-order valence-electron chi connectivity index (χ4n) is 2.34. The second-order valence-electron chi connectivity index (χ2n) is 4.95. The van der Waals surface area contributed by atoms with Gasteiger partial charge in [-0.1, -0.05) is 6.92 Å². The summed E-state index contributed by atoms with van der Waals surface area (Å²) < 4.78 is 7.89. The van der Waals surface area contributed by atoms with Gasteiger partial charge in [-0.15, -0.1) is 11.3 Å². The molecule has 0 saturated carbocycles. The summed E-state index contributed by atoms with van der Waals surface area (Å²) in [7, 11) is 0. The highest BCUT2D eigenvalue weighted by molar-refractivity contribution is 7.09. The van der Waals surface area contributed by atoms with Crippen LogP contribution in [-0.2, 0) is 13.0 Å². The van der Waals surface area contributed by atoms with Crippen LogP contribution in [0.5, 0.6) is 0 Å². The normalized spacial score (nSPS) is 16.3. The number of aromatic nitrogens is 3. The van der Waals surface area contributed by atoms with Gasteiger partial charge in [0.05, 0.1) is 28.6 Å². The molecule has 1 saturated heterocycles. The monoisotopic (exact) mass is 323 g/mol. The molecule has 21 heavy (non-hydrogen) atoms. The first-order valence-electron chi connectivity index (χ1n) is 6.98. The maximum absolute atomic E-state index is 12.2. The molecule has 8 heteroatoms. The number of carbonyl (C=O) groups excluding carboxylic acids is 1. The number of carbonyl (C=O) groups is 1. The summed E-state index contributed by atoms with van der Waals surface area (Å²) in [5, 5.41) is 3.33. The molecule has 2 aromatic rings. The topological polar surface area (TPSA) is 62.2 Å². The number of hydrogen-bond acceptors (Lipinski definition) is 7. The van der Waals surface area contributed by atoms with Gasteiger partial charge in [0.25, 0.3) is 5.91 Å². The van der Waals surface area contributed by atoms with Crippen molar-refractivity contribution in [2.75, 3.05) is 26.2 Å². The van der Waals surface area contributed by atoms with Crippen molar-refractivity contribution in [2.24, 2.45) is 0 Å². The molecule has 6 nitrogen and oxygen atoms in total. The van der Waals surface area contributed by atoms with Crippen molar-refractivity contribution in [1.29, 1.82) is 0 Å². The lowest BCUT2D eigenvalue weighted by Crippen LogP contribution is -2.48. The summed E-state index contributed by atoms with van der Waals surface area (Å²) >= 11 is 2.80. The number of thiazole rings is 1. The van der Waals surface area contributed by atoms with Crippen LogP contribution >= 0.6 is 23.1 Å². The quantitative estimate of drug-likeness (QED) is 0.853. The standard InChI is InChI=1S/C13H17N5OS2/c1-2-12-15-10(9-20-12)8-17-3-5-18(6-4-17)13(19)11-7-14-21-16-11/h7,9H,2-6,8H2,1H3. The zero-order valence-electron chi connectivity index (χ0n) is 11.9. The minimum atomic E-state index is -0.00896. The zero-order chi connectivity index (χ0) is 14.7. The van der Waals surface area contributed by atoms with Crippen LogP contribution in [0.25, 0.3) is 0 Å². The van der Waals surface area contributed by atoms with Crippen molar-refractivity contribution in [3.63, 3.8) is 0 Å². The highest BCUT2D eigenvalue weighted by atomic mass is 32.1. The van der Waals surface area contributed by atoms with Gasteiger partial charge in [-0.3, -0.25) is 9.69 Å². The van der Waals surface area contributed by atoms with Gasteiger partial charge in [-0.05, 0) is 6.42 Å². The number of rotatable bonds is 4. The molecule has 0 atom stereocenters. The number of amides is 1. The molecular formula is C13H17N5OS2. The highest BCUT2D eigenvalue weighted by Crippen LogP contribution is 2.14. The van der Waals surface area contributed by atoms with Crippen molar-refractivity contribution < 1.29 is 4.79 Å². The maximum atomic E-state index is 12.2. The molecule has 3 heterocycles. The smallest absolute Gasteiger partial charge is 0.275 e. The van der Waals surface area contributed by atoms with Crippen LogP contribution in [0.4, 0.5) is 0 Å². The predicted octanol–water partition coefficient (Wildman–Crippen LogP) is 1.52. The predicted molar refractivity (Wildman–Crippen MR) is 82.6 cm³/mol. The van der Waals surface area contributed by atoms with E-state index in [1.54, 1.807) is 17.5 Å². The van der Waals surface area contributed by atoms with Crippen molar-refractivity contribution in [1.82, 2.24) is 23.5 Å². The van der Waals surface area contributed by atoms with Crippen LogP contribution in [0.2, 0.25) is 0 Å². The van der Waals surface area contributed by atoms with Crippen molar-refractivity contribution in [3.8, 4) is 0 Å². The fraction of sp³-hybridized carbons (Fsp3) is 0.538. The van der Waals surface area contributed by atoms with Crippen molar-refractivity contribution in [3.05, 3.63) is 28.0 Å². The third kappa shape index (κ3) is 3.45. The van der Waals surface area contributed by atoms with E-state index in [0.717, 1.165) is 56.6 Å². The Kier molecular flexibility index (Phi) is 4.57. The van der Waals surface area contributed by atoms with Crippen LogP contribution in [0, 0.1) is 0 Å². The van der Waals surface area contributed by atoms with Gasteiger partial charge in [-0.25, -0.2) is 4.98 Å². The fourth-order valence-corrected chi connectivity index (χ4v) is 3.49. The largest absolute Gasteiger partial charge is 0.335 e. The summed E-state index contributed by atoms with van der Waals surface area (Å²) in [4.78, 5) is 21.0. The third-order valence-electron chi connectivity index (χ3n) is 3.53. The maximum Gasteiger partial charge on any atom is 0.275 e. The summed E-state index contributed by atoms with van der Waals surface area (Å²) in [6, 6.07) is 0. The molecule has 1 amide bonds. The molecular weight excluding hydrogens is 306 g/mol. The molecule has 0 radical (unpaired) electrons. The molecule has 2 aromatic heterocycles. The number of hydrogen-bond donors (Lipinski definition) is 0. The minimum Gasteiger partial charge on any atom is -0.335 e. The average Bonchev–Trinajstić information content (AvgIpc) is 3.19. The van der Waals surface area contributed by atoms with Gasteiger partial charge in [0, 0.05) is 38.1 Å². The van der Waals surface area contributed by atoms with Crippen LogP contribution in [-0.4, -0.2) is 55.6 Å². The van der Waals surface area contributed by atoms with Crippen LogP contribution in [0.3, 0.4) is 0 Å². The Morgan fingerprint density at radius 1 is 1.33 bits per heavy atom. The van der Waals surface area contributed by atoms with E-state index < -0.39 is 0 Å². The first-order chi connectivity index (χ1) is 10.3. The van der Waals surface area contributed by atoms with Gasteiger partial charge >= 0.3 is 0 Å². The van der Waals surface area contributed by atoms with E-state index in [2.05, 4.69) is 30.9 Å². The summed E-state index contributed by atoms with van der Waals surface area (Å²) in [6.07, 6.45) is 2.54. The Bertz CT molecular complexity index is 589. The van der Waals surface area contributed by atoms with E-state index in [1.165, 1.54) is 5.01 Å². The van der Waals surface area contributed by atoms with Crippen LogP contribution in [0.1, 0.15) is 28.1 Å². The van der Waals surface area contributed by atoms with Crippen molar-refractivity contribution in [2.45, 2.75) is 19.9 Å². The molecule has 0 aromatic carbocycles. The van der Waals surface area contributed by atoms with Gasteiger partial charge < -0.3 is 4.90 Å². The van der Waals surface area contributed by atoms with Gasteiger partial charge in [-0.2, -0.15) is 8.75 Å². The SMILES string of the molecule is CCc1nc(CN2CCN(C(=O)c3cnsn3)CC2)cs1. The number of piperazine rings is 1. The van der Waals surface area contributed by atoms with Gasteiger partial charge in [0.1, 0.15) is 0 Å². The Morgan fingerprint density at radius 3 is 2.76 bits per heavy atom. The van der Waals surface area contributed by atoms with E-state index in [-0.39, 0.29) is 5.91 Å². The van der Waals surface area contributed by atoms with Crippen LogP contribution in [0.15, 0.2) is 11.6 Å². The summed E-state index contributed by atoms with van der Waals surface area (Å²) in [6.45, 7) is 6.23. The first-order valence-corrected chi connectivity index (χ1v) is 8.59. The molecule has 1 fully saturated rings. The molecule has 0 aliphatic carbocycles. The zero-order valence-corrected chi connectivity index (χ0v) is 13.5. The van der Waals surface area contributed by atoms with E-state index in [4.69, 9.17) is 0 Å². The molecule has 0 unspecified atom stereocenters. The van der Waals surface area contributed by atoms with Crippen LogP contribution < -0.4 is 0 Å². The van der Waals surface area contributed by atoms with E-state index in [0.29, 0.717) is 5.69 Å². The van der Waals surface area contributed by atoms with Crippen molar-refractivity contribution >= 4 is 29.0 Å². The first kappa shape index (κ1) is 14.6. The van der Waals surface area contributed by atoms with E-state index in [1.807, 2.05) is 4.90 Å². The summed E-state index contributed by atoms with van der Waals surface area (Å²) in [5.74, 6) is -0.00896. The van der Waals surface area contributed by atoms with Gasteiger partial charge in [0.15, 0.2) is 5.69 Å². The Labute approximate surface area is 131 Å². The average molecular weight is 323 g/mol. The second kappa shape index (κ2) is 6.59. The molecule has 1 aliphatic rings. The number of nitrogens with zero attached hydrogens (tertiary/aromatic N) is 5. The molecule has 112 valence electrons. The molecule has 0 bridgehead atoms. The highest BCUT2D eigenvalue weighted by Gasteiger charge is 2.23. The molecule has 0 spiro atoms. The Morgan fingerprint density at radius 2 is 2.14 bits per heavy atom. The lowest BCUT2D eigenvalue weighted by Gasteiger charge is -2.33. The molecule has 1 aliphatic heterocycles. The lowest BCUT2D eigenvalue weighted by molar-refractivity contribution is 0.0622. The van der Waals surface area contributed by atoms with E-state index in [9.17, 15) is 4.79 Å². The Balaban J connectivity index is 1.52.